The van der Waals surface area contributed by atoms with Gasteiger partial charge in [0.15, 0.2) is 5.11 Å². The lowest BCUT2D eigenvalue weighted by Gasteiger charge is -2.29. The number of aromatic nitrogens is 2. The Hall–Kier alpha value is -4.50. The Morgan fingerprint density at radius 3 is 2.59 bits per heavy atom. The lowest BCUT2D eigenvalue weighted by atomic mass is 10.00. The normalized spacial score (nSPS) is 16.6. The lowest BCUT2D eigenvalue weighted by Crippen LogP contribution is -2.30. The summed E-state index contributed by atoms with van der Waals surface area (Å²) in [7, 11) is 1.38. The maximum Gasteiger partial charge on any atom is 0.339 e. The molecule has 0 saturated carbocycles. The average molecular weight is 540 g/mol. The Morgan fingerprint density at radius 1 is 1.08 bits per heavy atom. The predicted octanol–water partition coefficient (Wildman–Crippen LogP) is 5.49. The molecule has 8 nitrogen and oxygen atoms in total. The minimum Gasteiger partial charge on any atom is -0.465 e. The van der Waals surface area contributed by atoms with Crippen LogP contribution < -0.4 is 15.5 Å². The van der Waals surface area contributed by atoms with Crippen molar-refractivity contribution >= 4 is 40.6 Å². The summed E-state index contributed by atoms with van der Waals surface area (Å²) < 4.78 is 7.06. The van der Waals surface area contributed by atoms with Gasteiger partial charge < -0.3 is 24.8 Å². The van der Waals surface area contributed by atoms with Gasteiger partial charge >= 0.3 is 5.97 Å². The molecule has 2 atom stereocenters. The first-order valence-electron chi connectivity index (χ1n) is 12.7. The SMILES string of the molecule is CCC(=O)Nc1ccc(N2C(=S)N[C@@H](c3ccccn3)[C@H]2c2cccn2-c2ccccc2C(=O)OC)cc1C. The van der Waals surface area contributed by atoms with E-state index in [1.54, 1.807) is 12.3 Å². The molecule has 0 aliphatic carbocycles. The van der Waals surface area contributed by atoms with E-state index in [4.69, 9.17) is 17.0 Å². The van der Waals surface area contributed by atoms with Crippen molar-refractivity contribution in [3.8, 4) is 5.69 Å². The summed E-state index contributed by atoms with van der Waals surface area (Å²) >= 11 is 5.90. The van der Waals surface area contributed by atoms with Crippen LogP contribution in [0.15, 0.2) is 85.2 Å². The van der Waals surface area contributed by atoms with E-state index in [-0.39, 0.29) is 18.0 Å². The lowest BCUT2D eigenvalue weighted by molar-refractivity contribution is -0.115. The zero-order valence-electron chi connectivity index (χ0n) is 21.9. The number of carbonyl (C=O) groups is 2. The Balaban J connectivity index is 1.64. The molecule has 2 aromatic carbocycles. The topological polar surface area (TPSA) is 88.5 Å². The first-order chi connectivity index (χ1) is 18.9. The second-order valence-corrected chi connectivity index (χ2v) is 9.60. The molecule has 198 valence electrons. The van der Waals surface area contributed by atoms with Gasteiger partial charge in [0, 0.05) is 35.9 Å². The molecule has 1 aliphatic rings. The summed E-state index contributed by atoms with van der Waals surface area (Å²) in [5.41, 5.74) is 5.46. The van der Waals surface area contributed by atoms with Crippen molar-refractivity contribution in [2.24, 2.45) is 0 Å². The quantitative estimate of drug-likeness (QED) is 0.237. The fraction of sp³-hybridized carbons (Fsp3) is 0.200. The standard InChI is InChI=1S/C30H29N5O3S/c1-4-26(36)32-22-15-14-20(18-19(22)2)35-28(27(33-30(35)39)23-11-7-8-16-31-23)25-13-9-17-34(25)24-12-6-5-10-21(24)29(37)38-3/h5-18,27-28H,4H2,1-3H3,(H,32,36)(H,33,39)/t27-,28+/m0/s1. The maximum absolute atomic E-state index is 12.6. The minimum atomic E-state index is -0.413. The molecular weight excluding hydrogens is 510 g/mol. The van der Waals surface area contributed by atoms with Crippen molar-refractivity contribution in [2.75, 3.05) is 17.3 Å². The van der Waals surface area contributed by atoms with Gasteiger partial charge in [-0.25, -0.2) is 4.79 Å². The van der Waals surface area contributed by atoms with E-state index in [2.05, 4.69) is 20.5 Å². The Kier molecular flexibility index (Phi) is 7.42. The number of hydrogen-bond donors (Lipinski definition) is 2. The first kappa shape index (κ1) is 26.1. The van der Waals surface area contributed by atoms with Crippen LogP contribution in [0, 0.1) is 6.92 Å². The van der Waals surface area contributed by atoms with Crippen molar-refractivity contribution in [1.29, 1.82) is 0 Å². The number of benzene rings is 2. The molecule has 2 aromatic heterocycles. The van der Waals surface area contributed by atoms with Crippen LogP contribution in [0.5, 0.6) is 0 Å². The maximum atomic E-state index is 12.6. The zero-order chi connectivity index (χ0) is 27.5. The number of aryl methyl sites for hydroxylation is 1. The number of esters is 1. The number of thiocarbonyl (C=S) groups is 1. The molecule has 0 unspecified atom stereocenters. The van der Waals surface area contributed by atoms with Gasteiger partial charge in [-0.05, 0) is 79.3 Å². The Morgan fingerprint density at radius 2 is 1.87 bits per heavy atom. The van der Waals surface area contributed by atoms with Gasteiger partial charge in [-0.15, -0.1) is 0 Å². The van der Waals surface area contributed by atoms with Crippen LogP contribution in [-0.4, -0.2) is 33.6 Å². The number of amides is 1. The number of nitrogens with one attached hydrogen (secondary N) is 2. The molecule has 4 aromatic rings. The molecule has 1 fully saturated rings. The number of rotatable bonds is 7. The first-order valence-corrected chi connectivity index (χ1v) is 13.1. The van der Waals surface area contributed by atoms with E-state index in [9.17, 15) is 9.59 Å². The van der Waals surface area contributed by atoms with Crippen LogP contribution >= 0.6 is 12.2 Å². The molecule has 1 amide bonds. The highest BCUT2D eigenvalue weighted by Crippen LogP contribution is 2.43. The third-order valence-corrected chi connectivity index (χ3v) is 7.15. The number of ether oxygens (including phenoxy) is 1. The highest BCUT2D eigenvalue weighted by molar-refractivity contribution is 7.80. The Bertz CT molecular complexity index is 1530. The minimum absolute atomic E-state index is 0.0422. The van der Waals surface area contributed by atoms with E-state index in [0.29, 0.717) is 22.8 Å². The summed E-state index contributed by atoms with van der Waals surface area (Å²) in [4.78, 5) is 31.4. The van der Waals surface area contributed by atoms with E-state index >= 15 is 0 Å². The highest BCUT2D eigenvalue weighted by Gasteiger charge is 2.42. The molecular formula is C30H29N5O3S. The van der Waals surface area contributed by atoms with Gasteiger partial charge in [-0.3, -0.25) is 9.78 Å². The van der Waals surface area contributed by atoms with E-state index in [1.807, 2.05) is 91.3 Å². The summed E-state index contributed by atoms with van der Waals surface area (Å²) in [6.07, 6.45) is 4.10. The number of nitrogens with zero attached hydrogens (tertiary/aromatic N) is 3. The van der Waals surface area contributed by atoms with Gasteiger partial charge in [0.25, 0.3) is 0 Å². The number of methoxy groups -OCH3 is 1. The zero-order valence-corrected chi connectivity index (χ0v) is 22.7. The second-order valence-electron chi connectivity index (χ2n) is 9.21. The Labute approximate surface area is 232 Å². The monoisotopic (exact) mass is 539 g/mol. The van der Waals surface area contributed by atoms with Crippen LogP contribution in [-0.2, 0) is 9.53 Å². The largest absolute Gasteiger partial charge is 0.465 e. The number of carbonyl (C=O) groups excluding carboxylic acids is 2. The molecule has 9 heteroatoms. The van der Waals surface area contributed by atoms with Crippen LogP contribution in [0.4, 0.5) is 11.4 Å². The summed E-state index contributed by atoms with van der Waals surface area (Å²) in [5, 5.41) is 6.98. The molecule has 5 rings (SSSR count). The fourth-order valence-electron chi connectivity index (χ4n) is 4.93. The molecule has 3 heterocycles. The third kappa shape index (κ3) is 5.00. The smallest absolute Gasteiger partial charge is 0.339 e. The van der Waals surface area contributed by atoms with E-state index in [0.717, 1.165) is 28.3 Å². The molecule has 0 bridgehead atoms. The van der Waals surface area contributed by atoms with E-state index < -0.39 is 5.97 Å². The van der Waals surface area contributed by atoms with Crippen molar-refractivity contribution in [1.82, 2.24) is 14.9 Å². The van der Waals surface area contributed by atoms with Crippen LogP contribution in [0.25, 0.3) is 5.69 Å². The number of para-hydroxylation sites is 1. The highest BCUT2D eigenvalue weighted by atomic mass is 32.1. The molecule has 1 saturated heterocycles. The summed E-state index contributed by atoms with van der Waals surface area (Å²) in [5.74, 6) is -0.455. The molecule has 0 radical (unpaired) electrons. The van der Waals surface area contributed by atoms with Gasteiger partial charge in [-0.2, -0.15) is 0 Å². The second kappa shape index (κ2) is 11.1. The predicted molar refractivity (Wildman–Crippen MR) is 155 cm³/mol. The average Bonchev–Trinajstić information content (AvgIpc) is 3.58. The van der Waals surface area contributed by atoms with E-state index in [1.165, 1.54) is 7.11 Å². The van der Waals surface area contributed by atoms with Gasteiger partial charge in [-0.1, -0.05) is 25.1 Å². The van der Waals surface area contributed by atoms with Gasteiger partial charge in [0.1, 0.15) is 6.04 Å². The third-order valence-electron chi connectivity index (χ3n) is 6.83. The van der Waals surface area contributed by atoms with Crippen molar-refractivity contribution in [3.63, 3.8) is 0 Å². The van der Waals surface area contributed by atoms with Crippen molar-refractivity contribution in [2.45, 2.75) is 32.4 Å². The van der Waals surface area contributed by atoms with Gasteiger partial charge in [0.05, 0.1) is 30.1 Å². The number of hydrogen-bond acceptors (Lipinski definition) is 5. The van der Waals surface area contributed by atoms with Crippen LogP contribution in [0.2, 0.25) is 0 Å². The summed E-state index contributed by atoms with van der Waals surface area (Å²) in [6, 6.07) is 22.4. The molecule has 39 heavy (non-hydrogen) atoms. The number of anilines is 2. The molecule has 0 spiro atoms. The van der Waals surface area contributed by atoms with Crippen LogP contribution in [0.1, 0.15) is 52.7 Å². The molecule has 1 aliphatic heterocycles. The van der Waals surface area contributed by atoms with Gasteiger partial charge in [0.2, 0.25) is 5.91 Å². The molecule has 2 N–H and O–H groups in total. The summed E-state index contributed by atoms with van der Waals surface area (Å²) in [6.45, 7) is 3.78. The van der Waals surface area contributed by atoms with Crippen molar-refractivity contribution in [3.05, 3.63) is 108 Å². The fourth-order valence-corrected chi connectivity index (χ4v) is 5.28. The van der Waals surface area contributed by atoms with Crippen molar-refractivity contribution < 1.29 is 14.3 Å². The van der Waals surface area contributed by atoms with Crippen LogP contribution in [0.3, 0.4) is 0 Å². The number of pyridine rings is 1.